The van der Waals surface area contributed by atoms with Gasteiger partial charge in [0.15, 0.2) is 0 Å². The van der Waals surface area contributed by atoms with Gasteiger partial charge in [0.25, 0.3) is 0 Å². The summed E-state index contributed by atoms with van der Waals surface area (Å²) < 4.78 is 10.8. The number of ether oxygens (including phenoxy) is 2. The Bertz CT molecular complexity index is 682. The summed E-state index contributed by atoms with van der Waals surface area (Å²) in [6, 6.07) is 10.3. The van der Waals surface area contributed by atoms with Crippen molar-refractivity contribution in [1.82, 2.24) is 0 Å². The number of aliphatic hydroxyl groups is 1. The maximum absolute atomic E-state index is 12.9. The minimum absolute atomic E-state index is 0.00992. The van der Waals surface area contributed by atoms with Crippen LogP contribution in [-0.2, 0) is 14.3 Å². The molecule has 0 fully saturated rings. The lowest BCUT2D eigenvalue weighted by molar-refractivity contribution is -0.150. The molecule has 1 N–H and O–H groups in total. The predicted molar refractivity (Wildman–Crippen MR) is 128 cm³/mol. The molecule has 30 heavy (non-hydrogen) atoms. The normalized spacial score (nSPS) is 15.6. The molecule has 0 aromatic heterocycles. The van der Waals surface area contributed by atoms with Crippen LogP contribution in [0.15, 0.2) is 55.1 Å². The molecule has 5 heteroatoms. The Morgan fingerprint density at radius 2 is 1.90 bits per heavy atom. The summed E-state index contributed by atoms with van der Waals surface area (Å²) in [5, 5.41) is 12.2. The highest BCUT2D eigenvalue weighted by molar-refractivity contribution is 6.91. The van der Waals surface area contributed by atoms with Crippen LogP contribution in [0.3, 0.4) is 0 Å². The zero-order chi connectivity index (χ0) is 22.8. The third-order valence-electron chi connectivity index (χ3n) is 6.21. The van der Waals surface area contributed by atoms with Gasteiger partial charge in [0.05, 0.1) is 25.7 Å². The molecule has 1 rings (SSSR count). The molecule has 1 aromatic carbocycles. The monoisotopic (exact) mass is 432 g/mol. The fourth-order valence-corrected chi connectivity index (χ4v) is 6.37. The quantitative estimate of drug-likeness (QED) is 0.209. The molecule has 168 valence electrons. The van der Waals surface area contributed by atoms with Gasteiger partial charge in [-0.15, -0.1) is 0 Å². The van der Waals surface area contributed by atoms with Gasteiger partial charge < -0.3 is 14.6 Å². The van der Waals surface area contributed by atoms with E-state index >= 15 is 0 Å². The molecule has 1 aromatic rings. The molecule has 0 unspecified atom stereocenters. The zero-order valence-electron chi connectivity index (χ0n) is 19.6. The third kappa shape index (κ3) is 7.86. The summed E-state index contributed by atoms with van der Waals surface area (Å²) in [5.41, 5.74) is -0.159. The summed E-state index contributed by atoms with van der Waals surface area (Å²) >= 11 is 0. The Labute approximate surface area is 184 Å². The van der Waals surface area contributed by atoms with Crippen molar-refractivity contribution in [2.75, 3.05) is 13.7 Å². The SMILES string of the molecule is C=CCOC(=O)[C@@H]([C@@H](O)/C=C/CCCC(C)(C)OC)[C@H](C)[Si](C)(C)c1ccccc1. The topological polar surface area (TPSA) is 55.8 Å². The molecule has 4 nitrogen and oxygen atoms in total. The average molecular weight is 433 g/mol. The first-order valence-electron chi connectivity index (χ1n) is 10.8. The lowest BCUT2D eigenvalue weighted by Gasteiger charge is -2.36. The van der Waals surface area contributed by atoms with Crippen molar-refractivity contribution in [2.45, 2.75) is 70.4 Å². The summed E-state index contributed by atoms with van der Waals surface area (Å²) in [4.78, 5) is 12.9. The Morgan fingerprint density at radius 1 is 1.27 bits per heavy atom. The van der Waals surface area contributed by atoms with Crippen LogP contribution in [0.25, 0.3) is 0 Å². The zero-order valence-corrected chi connectivity index (χ0v) is 20.6. The lowest BCUT2D eigenvalue weighted by atomic mass is 9.97. The molecule has 0 amide bonds. The van der Waals surface area contributed by atoms with Crippen LogP contribution >= 0.6 is 0 Å². The number of carbonyl (C=O) groups excluding carboxylic acids is 1. The second kappa shape index (κ2) is 12.2. The van der Waals surface area contributed by atoms with E-state index in [0.29, 0.717) is 0 Å². The molecular formula is C25H40O4Si. The summed E-state index contributed by atoms with van der Waals surface area (Å²) in [6.45, 7) is 14.4. The summed E-state index contributed by atoms with van der Waals surface area (Å²) in [5.74, 6) is -0.977. The molecule has 0 saturated heterocycles. The van der Waals surface area contributed by atoms with Crippen LogP contribution in [0.2, 0.25) is 18.6 Å². The number of allylic oxidation sites excluding steroid dienone is 1. The smallest absolute Gasteiger partial charge is 0.312 e. The maximum Gasteiger partial charge on any atom is 0.312 e. The highest BCUT2D eigenvalue weighted by Gasteiger charge is 2.42. The van der Waals surface area contributed by atoms with E-state index in [1.54, 1.807) is 19.3 Å². The molecule has 0 spiro atoms. The fraction of sp³-hybridized carbons (Fsp3) is 0.560. The largest absolute Gasteiger partial charge is 0.461 e. The van der Waals surface area contributed by atoms with Crippen molar-refractivity contribution < 1.29 is 19.4 Å². The van der Waals surface area contributed by atoms with Crippen molar-refractivity contribution in [2.24, 2.45) is 5.92 Å². The number of rotatable bonds is 13. The average Bonchev–Trinajstić information content (AvgIpc) is 2.72. The van der Waals surface area contributed by atoms with Crippen molar-refractivity contribution in [3.8, 4) is 0 Å². The van der Waals surface area contributed by atoms with Gasteiger partial charge in [-0.3, -0.25) is 4.79 Å². The van der Waals surface area contributed by atoms with Gasteiger partial charge in [-0.25, -0.2) is 0 Å². The van der Waals surface area contributed by atoms with Gasteiger partial charge in [0.1, 0.15) is 6.61 Å². The van der Waals surface area contributed by atoms with E-state index < -0.39 is 20.1 Å². The van der Waals surface area contributed by atoms with Crippen molar-refractivity contribution >= 4 is 19.2 Å². The van der Waals surface area contributed by atoms with E-state index in [1.807, 2.05) is 24.3 Å². The van der Waals surface area contributed by atoms with E-state index in [1.165, 1.54) is 5.19 Å². The molecule has 0 aliphatic rings. The van der Waals surface area contributed by atoms with Crippen molar-refractivity contribution in [3.63, 3.8) is 0 Å². The summed E-state index contributed by atoms with van der Waals surface area (Å²) in [6.07, 6.45) is 7.10. The van der Waals surface area contributed by atoms with Crippen LogP contribution in [-0.4, -0.2) is 44.6 Å². The maximum atomic E-state index is 12.9. The first-order chi connectivity index (χ1) is 14.1. The minimum atomic E-state index is -2.03. The number of aliphatic hydroxyl groups excluding tert-OH is 1. The predicted octanol–water partition coefficient (Wildman–Crippen LogP) is 4.85. The fourth-order valence-electron chi connectivity index (χ4n) is 3.56. The van der Waals surface area contributed by atoms with E-state index in [4.69, 9.17) is 9.47 Å². The van der Waals surface area contributed by atoms with E-state index in [9.17, 15) is 9.90 Å². The van der Waals surface area contributed by atoms with E-state index in [2.05, 4.69) is 52.6 Å². The molecule has 0 radical (unpaired) electrons. The lowest BCUT2D eigenvalue weighted by Crippen LogP contribution is -2.51. The molecule has 0 aliphatic heterocycles. The van der Waals surface area contributed by atoms with E-state index in [-0.39, 0.29) is 23.7 Å². The van der Waals surface area contributed by atoms with E-state index in [0.717, 1.165) is 19.3 Å². The Balaban J connectivity index is 2.95. The number of unbranched alkanes of at least 4 members (excludes halogenated alkanes) is 1. The minimum Gasteiger partial charge on any atom is -0.461 e. The second-order valence-corrected chi connectivity index (χ2v) is 14.0. The number of benzene rings is 1. The van der Waals surface area contributed by atoms with Gasteiger partial charge in [0.2, 0.25) is 0 Å². The van der Waals surface area contributed by atoms with Gasteiger partial charge in [-0.1, -0.05) is 80.3 Å². The van der Waals surface area contributed by atoms with Crippen molar-refractivity contribution in [3.05, 3.63) is 55.1 Å². The Kier molecular flexibility index (Phi) is 10.7. The van der Waals surface area contributed by atoms with Gasteiger partial charge in [0, 0.05) is 7.11 Å². The first-order valence-corrected chi connectivity index (χ1v) is 13.9. The molecule has 0 bridgehead atoms. The summed E-state index contributed by atoms with van der Waals surface area (Å²) in [7, 11) is -0.311. The molecule has 3 atom stereocenters. The van der Waals surface area contributed by atoms with Gasteiger partial charge in [-0.05, 0) is 38.7 Å². The molecule has 0 heterocycles. The van der Waals surface area contributed by atoms with Crippen molar-refractivity contribution in [1.29, 1.82) is 0 Å². The highest BCUT2D eigenvalue weighted by Crippen LogP contribution is 2.33. The standard InChI is InChI=1S/C25H40O4Si/c1-8-19-29-24(27)23(20(2)30(6,7)21-15-11-9-12-16-21)22(26)17-13-10-14-18-25(3,4)28-5/h8-9,11-13,15-17,20,22-23,26H,1,10,14,18-19H2,2-7H3/b17-13+/t20-,22-,23+/m0/s1. The van der Waals surface area contributed by atoms with Crippen LogP contribution in [0, 0.1) is 5.92 Å². The van der Waals surface area contributed by atoms with Gasteiger partial charge >= 0.3 is 5.97 Å². The number of methoxy groups -OCH3 is 1. The Hall–Kier alpha value is -1.69. The van der Waals surface area contributed by atoms with Crippen LogP contribution in [0.5, 0.6) is 0 Å². The van der Waals surface area contributed by atoms with Gasteiger partial charge in [-0.2, -0.15) is 0 Å². The van der Waals surface area contributed by atoms with Crippen LogP contribution in [0.4, 0.5) is 0 Å². The third-order valence-corrected chi connectivity index (χ3v) is 10.7. The van der Waals surface area contributed by atoms with Crippen LogP contribution in [0.1, 0.15) is 40.0 Å². The Morgan fingerprint density at radius 3 is 2.47 bits per heavy atom. The number of carbonyl (C=O) groups is 1. The van der Waals surface area contributed by atoms with Crippen LogP contribution < -0.4 is 5.19 Å². The number of hydrogen-bond acceptors (Lipinski definition) is 4. The second-order valence-electron chi connectivity index (χ2n) is 9.10. The number of hydrogen-bond donors (Lipinski definition) is 1. The number of esters is 1. The highest BCUT2D eigenvalue weighted by atomic mass is 28.3. The first kappa shape index (κ1) is 26.3. The molecular weight excluding hydrogens is 392 g/mol. The molecule has 0 aliphatic carbocycles. The molecule has 0 saturated carbocycles.